The Hall–Kier alpha value is -0.870. The zero-order valence-electron chi connectivity index (χ0n) is 13.9. The largest absolute Gasteiger partial charge is 0.508 e. The van der Waals surface area contributed by atoms with E-state index < -0.39 is 7.82 Å². The first-order chi connectivity index (χ1) is 10.9. The molecule has 0 saturated heterocycles. The van der Waals surface area contributed by atoms with Crippen molar-refractivity contribution in [2.45, 2.75) is 51.4 Å². The Labute approximate surface area is 137 Å². The van der Waals surface area contributed by atoms with Crippen molar-refractivity contribution >= 4 is 7.82 Å². The van der Waals surface area contributed by atoms with Crippen molar-refractivity contribution in [1.29, 1.82) is 0 Å². The van der Waals surface area contributed by atoms with Gasteiger partial charge >= 0.3 is 7.82 Å². The molecule has 1 unspecified atom stereocenters. The van der Waals surface area contributed by atoms with E-state index >= 15 is 0 Å². The molecule has 2 fully saturated rings. The predicted octanol–water partition coefficient (Wildman–Crippen LogP) is 4.77. The molecule has 23 heavy (non-hydrogen) atoms. The molecule has 5 nitrogen and oxygen atoms in total. The molecule has 128 valence electrons. The maximum absolute atomic E-state index is 11.6. The molecule has 2 aliphatic carbocycles. The van der Waals surface area contributed by atoms with Gasteiger partial charge in [0.15, 0.2) is 5.75 Å². The summed E-state index contributed by atoms with van der Waals surface area (Å²) in [6, 6.07) is 6.10. The average molecular weight is 340 g/mol. The Morgan fingerprint density at radius 3 is 1.96 bits per heavy atom. The quantitative estimate of drug-likeness (QED) is 0.419. The predicted molar refractivity (Wildman–Crippen MR) is 87.3 cm³/mol. The second-order valence-electron chi connectivity index (χ2n) is 6.83. The van der Waals surface area contributed by atoms with E-state index in [9.17, 15) is 9.46 Å². The highest BCUT2D eigenvalue weighted by molar-refractivity contribution is 7.47. The maximum atomic E-state index is 11.6. The van der Waals surface area contributed by atoms with E-state index in [0.29, 0.717) is 29.4 Å². The van der Waals surface area contributed by atoms with Crippen molar-refractivity contribution in [3.8, 4) is 5.75 Å². The second kappa shape index (κ2) is 6.56. The summed E-state index contributed by atoms with van der Waals surface area (Å²) in [5.41, 5.74) is 2.10. The van der Waals surface area contributed by atoms with Crippen LogP contribution < -0.4 is 4.89 Å². The zero-order valence-corrected chi connectivity index (χ0v) is 14.8. The molecule has 3 rings (SSSR count). The van der Waals surface area contributed by atoms with Gasteiger partial charge in [-0.05, 0) is 49.4 Å². The first-order valence-electron chi connectivity index (χ1n) is 8.30. The summed E-state index contributed by atoms with van der Waals surface area (Å²) in [7, 11) is -3.06. The summed E-state index contributed by atoms with van der Waals surface area (Å²) in [5.74, 6) is 2.61. The standard InChI is InChI=1S/C17H25O5P/c1-11(13-7-8-13)15-5-4-6-16(12(2)14-9-10-14)17(15)21-22-23(18,19)20-3/h4-6,11-14H,7-10H2,1-3H3,(H,18,19)/t11-,12-/m0/s1. The Morgan fingerprint density at radius 1 is 1.09 bits per heavy atom. The van der Waals surface area contributed by atoms with Gasteiger partial charge in [0.2, 0.25) is 0 Å². The van der Waals surface area contributed by atoms with E-state index in [1.54, 1.807) is 0 Å². The van der Waals surface area contributed by atoms with Crippen LogP contribution in [0.5, 0.6) is 5.75 Å². The summed E-state index contributed by atoms with van der Waals surface area (Å²) < 4.78 is 20.8. The van der Waals surface area contributed by atoms with Crippen LogP contribution >= 0.6 is 7.82 Å². The molecule has 0 bridgehead atoms. The third-order valence-corrected chi connectivity index (χ3v) is 5.89. The second-order valence-corrected chi connectivity index (χ2v) is 8.28. The smallest absolute Gasteiger partial charge is 0.327 e. The highest BCUT2D eigenvalue weighted by atomic mass is 31.2. The Morgan fingerprint density at radius 2 is 1.57 bits per heavy atom. The van der Waals surface area contributed by atoms with Gasteiger partial charge in [0.05, 0.1) is 0 Å². The molecule has 0 spiro atoms. The van der Waals surface area contributed by atoms with E-state index in [1.807, 2.05) is 18.2 Å². The van der Waals surface area contributed by atoms with E-state index in [4.69, 9.17) is 9.56 Å². The minimum Gasteiger partial charge on any atom is -0.327 e. The molecule has 3 atom stereocenters. The zero-order chi connectivity index (χ0) is 16.6. The van der Waals surface area contributed by atoms with Gasteiger partial charge in [-0.25, -0.2) is 4.57 Å². The van der Waals surface area contributed by atoms with Crippen LogP contribution in [-0.2, 0) is 13.8 Å². The van der Waals surface area contributed by atoms with Crippen molar-refractivity contribution in [1.82, 2.24) is 0 Å². The number of benzene rings is 1. The lowest BCUT2D eigenvalue weighted by atomic mass is 9.88. The van der Waals surface area contributed by atoms with Crippen LogP contribution in [0.15, 0.2) is 18.2 Å². The topological polar surface area (TPSA) is 65.0 Å². The molecular weight excluding hydrogens is 315 g/mol. The molecular formula is C17H25O5P. The average Bonchev–Trinajstić information content (AvgIpc) is 3.41. The van der Waals surface area contributed by atoms with Crippen LogP contribution in [-0.4, -0.2) is 12.0 Å². The van der Waals surface area contributed by atoms with Gasteiger partial charge in [-0.3, -0.25) is 4.52 Å². The lowest BCUT2D eigenvalue weighted by Gasteiger charge is -2.22. The highest BCUT2D eigenvalue weighted by Crippen LogP contribution is 2.51. The Kier molecular flexibility index (Phi) is 4.84. The molecule has 6 heteroatoms. The summed E-state index contributed by atoms with van der Waals surface area (Å²) in [4.78, 5) is 14.9. The minimum absolute atomic E-state index is 0.348. The Balaban J connectivity index is 1.91. The van der Waals surface area contributed by atoms with Gasteiger partial charge in [0.1, 0.15) is 0 Å². The van der Waals surface area contributed by atoms with Gasteiger partial charge in [-0.1, -0.05) is 36.7 Å². The van der Waals surface area contributed by atoms with Crippen molar-refractivity contribution in [3.63, 3.8) is 0 Å². The van der Waals surface area contributed by atoms with Crippen LogP contribution in [0.1, 0.15) is 62.5 Å². The van der Waals surface area contributed by atoms with E-state index in [2.05, 4.69) is 18.4 Å². The number of para-hydroxylation sites is 1. The Bertz CT molecular complexity index is 573. The molecule has 0 aromatic heterocycles. The van der Waals surface area contributed by atoms with Crippen LogP contribution in [0, 0.1) is 11.8 Å². The number of hydrogen-bond acceptors (Lipinski definition) is 4. The van der Waals surface area contributed by atoms with Crippen molar-refractivity contribution in [2.24, 2.45) is 11.8 Å². The first kappa shape index (κ1) is 17.0. The van der Waals surface area contributed by atoms with Gasteiger partial charge in [-0.15, -0.1) is 0 Å². The number of phosphoric acid groups is 1. The lowest BCUT2D eigenvalue weighted by Crippen LogP contribution is -2.08. The van der Waals surface area contributed by atoms with E-state index in [0.717, 1.165) is 18.2 Å². The van der Waals surface area contributed by atoms with Crippen LogP contribution in [0.2, 0.25) is 0 Å². The van der Waals surface area contributed by atoms with Gasteiger partial charge < -0.3 is 9.78 Å². The SMILES string of the molecule is COP(=O)(O)OOc1c([C@@H](C)C2CC2)cccc1[C@@H](C)C1CC1. The summed E-state index contributed by atoms with van der Waals surface area (Å²) in [6.45, 7) is 4.36. The van der Waals surface area contributed by atoms with Crippen LogP contribution in [0.4, 0.5) is 0 Å². The molecule has 2 saturated carbocycles. The van der Waals surface area contributed by atoms with Crippen LogP contribution in [0.25, 0.3) is 0 Å². The molecule has 0 radical (unpaired) electrons. The molecule has 0 amide bonds. The molecule has 2 aliphatic rings. The summed E-state index contributed by atoms with van der Waals surface area (Å²) in [6.07, 6.45) is 4.89. The fourth-order valence-electron chi connectivity index (χ4n) is 3.20. The first-order valence-corrected chi connectivity index (χ1v) is 9.80. The summed E-state index contributed by atoms with van der Waals surface area (Å²) >= 11 is 0. The molecule has 1 aromatic rings. The number of rotatable bonds is 8. The number of hydrogen-bond donors (Lipinski definition) is 1. The van der Waals surface area contributed by atoms with Gasteiger partial charge in [0.25, 0.3) is 0 Å². The van der Waals surface area contributed by atoms with E-state index in [-0.39, 0.29) is 0 Å². The lowest BCUT2D eigenvalue weighted by molar-refractivity contribution is -0.127. The molecule has 1 N–H and O–H groups in total. The van der Waals surface area contributed by atoms with E-state index in [1.165, 1.54) is 25.7 Å². The number of phosphoric ester groups is 1. The third kappa shape index (κ3) is 3.97. The fraction of sp³-hybridized carbons (Fsp3) is 0.647. The fourth-order valence-corrected chi connectivity index (χ4v) is 3.43. The third-order valence-electron chi connectivity index (χ3n) is 5.16. The molecule has 1 aromatic carbocycles. The molecule has 0 heterocycles. The molecule has 0 aliphatic heterocycles. The highest BCUT2D eigenvalue weighted by Gasteiger charge is 2.36. The van der Waals surface area contributed by atoms with Crippen molar-refractivity contribution < 1.29 is 23.5 Å². The minimum atomic E-state index is -4.18. The van der Waals surface area contributed by atoms with Gasteiger partial charge in [0, 0.05) is 18.2 Å². The van der Waals surface area contributed by atoms with Crippen molar-refractivity contribution in [3.05, 3.63) is 29.3 Å². The monoisotopic (exact) mass is 340 g/mol. The van der Waals surface area contributed by atoms with Gasteiger partial charge in [-0.2, -0.15) is 0 Å². The summed E-state index contributed by atoms with van der Waals surface area (Å²) in [5, 5.41) is 0. The maximum Gasteiger partial charge on any atom is 0.508 e. The van der Waals surface area contributed by atoms with Crippen molar-refractivity contribution in [2.75, 3.05) is 7.11 Å². The normalized spacial score (nSPS) is 23.1. The van der Waals surface area contributed by atoms with Crippen LogP contribution in [0.3, 0.4) is 0 Å².